The maximum atomic E-state index is 5.92. The number of thiophene rings is 1. The van der Waals surface area contributed by atoms with Crippen LogP contribution in [-0.4, -0.2) is 11.2 Å². The van der Waals surface area contributed by atoms with Crippen molar-refractivity contribution in [1.29, 1.82) is 0 Å². The smallest absolute Gasteiger partial charge is 0.150 e. The fraction of sp³-hybridized carbons (Fsp3) is 0.154. The number of thiazole rings is 1. The first kappa shape index (κ1) is 13.2. The third kappa shape index (κ3) is 3.05. The Labute approximate surface area is 128 Å². The van der Waals surface area contributed by atoms with Gasteiger partial charge in [0.25, 0.3) is 0 Å². The molecular formula is C13H11ClN2S3. The van der Waals surface area contributed by atoms with Crippen LogP contribution in [0.3, 0.4) is 0 Å². The van der Waals surface area contributed by atoms with E-state index in [0.29, 0.717) is 0 Å². The second-order valence-electron chi connectivity index (χ2n) is 3.93. The molecule has 6 heteroatoms. The number of aromatic nitrogens is 1. The molecule has 0 amide bonds. The molecule has 0 radical (unpaired) electrons. The monoisotopic (exact) mass is 326 g/mol. The standard InChI is InChI=1S/C13H11ClN2S3/c1-17-13-16-10-4-2-8(6-11(10)19-13)15-7-9-3-5-12(14)18-9/h2-6,15H,7H2,1H3. The van der Waals surface area contributed by atoms with E-state index in [-0.39, 0.29) is 0 Å². The van der Waals surface area contributed by atoms with Gasteiger partial charge < -0.3 is 5.32 Å². The van der Waals surface area contributed by atoms with Crippen molar-refractivity contribution in [2.24, 2.45) is 0 Å². The molecule has 0 bridgehead atoms. The number of nitrogens with zero attached hydrogens (tertiary/aromatic N) is 1. The van der Waals surface area contributed by atoms with Gasteiger partial charge in [0.1, 0.15) is 0 Å². The van der Waals surface area contributed by atoms with Gasteiger partial charge in [-0.25, -0.2) is 4.98 Å². The second-order valence-corrected chi connectivity index (χ2v) is 7.81. The molecule has 0 saturated heterocycles. The zero-order valence-electron chi connectivity index (χ0n) is 10.1. The van der Waals surface area contributed by atoms with Gasteiger partial charge >= 0.3 is 0 Å². The zero-order chi connectivity index (χ0) is 13.2. The van der Waals surface area contributed by atoms with Crippen molar-refractivity contribution >= 4 is 61.9 Å². The van der Waals surface area contributed by atoms with Crippen molar-refractivity contribution in [3.8, 4) is 0 Å². The van der Waals surface area contributed by atoms with E-state index in [2.05, 4.69) is 40.8 Å². The third-order valence-electron chi connectivity index (χ3n) is 2.64. The Hall–Kier alpha value is -0.750. The number of hydrogen-bond donors (Lipinski definition) is 1. The summed E-state index contributed by atoms with van der Waals surface area (Å²) >= 11 is 10.9. The Morgan fingerprint density at radius 3 is 2.89 bits per heavy atom. The van der Waals surface area contributed by atoms with E-state index < -0.39 is 0 Å². The first-order chi connectivity index (χ1) is 9.24. The molecule has 2 aromatic heterocycles. The van der Waals surface area contributed by atoms with E-state index >= 15 is 0 Å². The highest BCUT2D eigenvalue weighted by Crippen LogP contribution is 2.30. The summed E-state index contributed by atoms with van der Waals surface area (Å²) in [6, 6.07) is 10.3. The summed E-state index contributed by atoms with van der Waals surface area (Å²) in [5, 5.41) is 3.42. The minimum Gasteiger partial charge on any atom is -0.380 e. The van der Waals surface area contributed by atoms with Crippen LogP contribution in [0.25, 0.3) is 10.2 Å². The lowest BCUT2D eigenvalue weighted by atomic mass is 10.3. The maximum Gasteiger partial charge on any atom is 0.150 e. The highest BCUT2D eigenvalue weighted by atomic mass is 35.5. The Morgan fingerprint density at radius 2 is 2.16 bits per heavy atom. The Morgan fingerprint density at radius 1 is 1.26 bits per heavy atom. The predicted molar refractivity (Wildman–Crippen MR) is 88.1 cm³/mol. The number of halogens is 1. The van der Waals surface area contributed by atoms with E-state index in [1.807, 2.05) is 6.07 Å². The number of fused-ring (bicyclic) bond motifs is 1. The highest BCUT2D eigenvalue weighted by Gasteiger charge is 2.04. The van der Waals surface area contributed by atoms with Crippen LogP contribution < -0.4 is 5.32 Å². The molecule has 3 rings (SSSR count). The lowest BCUT2D eigenvalue weighted by Crippen LogP contribution is -1.96. The van der Waals surface area contributed by atoms with Crippen molar-refractivity contribution in [1.82, 2.24) is 4.98 Å². The largest absolute Gasteiger partial charge is 0.380 e. The summed E-state index contributed by atoms with van der Waals surface area (Å²) < 4.78 is 3.16. The van der Waals surface area contributed by atoms with Crippen LogP contribution in [0.4, 0.5) is 5.69 Å². The van der Waals surface area contributed by atoms with E-state index in [1.54, 1.807) is 34.4 Å². The summed E-state index contributed by atoms with van der Waals surface area (Å²) in [5.74, 6) is 0. The molecule has 19 heavy (non-hydrogen) atoms. The Kier molecular flexibility index (Phi) is 3.98. The van der Waals surface area contributed by atoms with Crippen LogP contribution in [0.5, 0.6) is 0 Å². The summed E-state index contributed by atoms with van der Waals surface area (Å²) in [6.07, 6.45) is 2.05. The minimum absolute atomic E-state index is 0.803. The second kappa shape index (κ2) is 5.71. The summed E-state index contributed by atoms with van der Waals surface area (Å²) in [6.45, 7) is 0.803. The average Bonchev–Trinajstić information content (AvgIpc) is 3.01. The van der Waals surface area contributed by atoms with Gasteiger partial charge in [-0.05, 0) is 36.6 Å². The van der Waals surface area contributed by atoms with Gasteiger partial charge in [-0.1, -0.05) is 23.4 Å². The maximum absolute atomic E-state index is 5.92. The fourth-order valence-electron chi connectivity index (χ4n) is 1.74. The zero-order valence-corrected chi connectivity index (χ0v) is 13.3. The number of rotatable bonds is 4. The molecule has 0 aliphatic rings. The number of thioether (sulfide) groups is 1. The topological polar surface area (TPSA) is 24.9 Å². The van der Waals surface area contributed by atoms with Gasteiger partial charge in [0, 0.05) is 17.1 Å². The van der Waals surface area contributed by atoms with Gasteiger partial charge in [-0.2, -0.15) is 0 Å². The van der Waals surface area contributed by atoms with Crippen LogP contribution in [0, 0.1) is 0 Å². The fourth-order valence-corrected chi connectivity index (χ4v) is 4.29. The van der Waals surface area contributed by atoms with Crippen molar-refractivity contribution in [2.75, 3.05) is 11.6 Å². The van der Waals surface area contributed by atoms with Gasteiger partial charge in [-0.3, -0.25) is 0 Å². The summed E-state index contributed by atoms with van der Waals surface area (Å²) in [5.41, 5.74) is 2.19. The summed E-state index contributed by atoms with van der Waals surface area (Å²) in [7, 11) is 0. The highest BCUT2D eigenvalue weighted by molar-refractivity contribution is 8.00. The van der Waals surface area contributed by atoms with E-state index in [4.69, 9.17) is 11.6 Å². The molecule has 0 aliphatic carbocycles. The number of nitrogens with one attached hydrogen (secondary N) is 1. The molecule has 3 aromatic rings. The number of anilines is 1. The summed E-state index contributed by atoms with van der Waals surface area (Å²) in [4.78, 5) is 5.77. The van der Waals surface area contributed by atoms with Crippen molar-refractivity contribution in [3.63, 3.8) is 0 Å². The molecule has 0 spiro atoms. The molecule has 0 atom stereocenters. The average molecular weight is 327 g/mol. The quantitative estimate of drug-likeness (QED) is 0.654. The van der Waals surface area contributed by atoms with E-state index in [0.717, 1.165) is 26.4 Å². The Bertz CT molecular complexity index is 705. The molecule has 98 valence electrons. The molecule has 1 aromatic carbocycles. The molecule has 0 fully saturated rings. The molecule has 0 aliphatic heterocycles. The molecule has 0 saturated carbocycles. The van der Waals surface area contributed by atoms with Gasteiger partial charge in [0.05, 0.1) is 14.6 Å². The predicted octanol–water partition coefficient (Wildman–Crippen LogP) is 5.35. The first-order valence-corrected chi connectivity index (χ1v) is 8.91. The van der Waals surface area contributed by atoms with Gasteiger partial charge in [-0.15, -0.1) is 22.7 Å². The lowest BCUT2D eigenvalue weighted by molar-refractivity contribution is 1.19. The minimum atomic E-state index is 0.803. The van der Waals surface area contributed by atoms with Crippen molar-refractivity contribution < 1.29 is 0 Å². The van der Waals surface area contributed by atoms with Gasteiger partial charge in [0.2, 0.25) is 0 Å². The molecular weight excluding hydrogens is 316 g/mol. The molecule has 1 N–H and O–H groups in total. The molecule has 2 heterocycles. The van der Waals surface area contributed by atoms with E-state index in [9.17, 15) is 0 Å². The van der Waals surface area contributed by atoms with Crippen LogP contribution in [0.1, 0.15) is 4.88 Å². The van der Waals surface area contributed by atoms with Crippen LogP contribution in [0.2, 0.25) is 4.34 Å². The van der Waals surface area contributed by atoms with Crippen LogP contribution >= 0.6 is 46.0 Å². The van der Waals surface area contributed by atoms with E-state index in [1.165, 1.54) is 9.58 Å². The van der Waals surface area contributed by atoms with Crippen molar-refractivity contribution in [2.45, 2.75) is 10.9 Å². The molecule has 2 nitrogen and oxygen atoms in total. The normalized spacial score (nSPS) is 11.1. The SMILES string of the molecule is CSc1nc2ccc(NCc3ccc(Cl)s3)cc2s1. The molecule has 0 unspecified atom stereocenters. The number of benzene rings is 1. The van der Waals surface area contributed by atoms with Crippen LogP contribution in [-0.2, 0) is 6.54 Å². The first-order valence-electron chi connectivity index (χ1n) is 5.67. The lowest BCUT2D eigenvalue weighted by Gasteiger charge is -2.04. The number of hydrogen-bond acceptors (Lipinski definition) is 5. The van der Waals surface area contributed by atoms with Crippen LogP contribution in [0.15, 0.2) is 34.7 Å². The third-order valence-corrected chi connectivity index (χ3v) is 5.87. The van der Waals surface area contributed by atoms with Crippen molar-refractivity contribution in [3.05, 3.63) is 39.5 Å². The van der Waals surface area contributed by atoms with Gasteiger partial charge in [0.15, 0.2) is 4.34 Å². The Balaban J connectivity index is 1.77.